The minimum Gasteiger partial charge on any atom is -0.490 e. The van der Waals surface area contributed by atoms with Gasteiger partial charge in [-0.05, 0) is 47.9 Å². The quantitative estimate of drug-likeness (QED) is 0.330. The number of benzene rings is 2. The molecule has 0 aliphatic rings. The van der Waals surface area contributed by atoms with Crippen molar-refractivity contribution in [2.24, 2.45) is 5.10 Å². The zero-order valence-corrected chi connectivity index (χ0v) is 14.3. The van der Waals surface area contributed by atoms with Crippen molar-refractivity contribution in [3.05, 3.63) is 72.3 Å². The second-order valence-electron chi connectivity index (χ2n) is 5.29. The molecule has 2 aromatic rings. The van der Waals surface area contributed by atoms with Gasteiger partial charge in [-0.3, -0.25) is 4.79 Å². The zero-order chi connectivity index (χ0) is 17.9. The van der Waals surface area contributed by atoms with Gasteiger partial charge in [-0.1, -0.05) is 24.3 Å². The van der Waals surface area contributed by atoms with Crippen LogP contribution >= 0.6 is 0 Å². The van der Waals surface area contributed by atoms with Crippen LogP contribution in [0.25, 0.3) is 0 Å². The van der Waals surface area contributed by atoms with E-state index < -0.39 is 0 Å². The molecule has 1 N–H and O–H groups in total. The van der Waals surface area contributed by atoms with Crippen LogP contribution in [0.2, 0.25) is 0 Å². The molecule has 5 heteroatoms. The van der Waals surface area contributed by atoms with Gasteiger partial charge in [-0.15, -0.1) is 6.58 Å². The highest BCUT2D eigenvalue weighted by Crippen LogP contribution is 2.18. The van der Waals surface area contributed by atoms with Crippen molar-refractivity contribution in [1.82, 2.24) is 5.43 Å². The molecule has 0 unspecified atom stereocenters. The summed E-state index contributed by atoms with van der Waals surface area (Å²) in [4.78, 5) is 10.7. The Morgan fingerprint density at radius 3 is 2.56 bits per heavy atom. The standard InChI is InChI=1S/C20H22N2O3/c1-3-6-18-7-4-5-8-20(18)25-14-13-24-19-11-9-17(10-12-19)15-21-22-16(2)23/h3-5,7-12,15H,1,6,13-14H2,2H3,(H,22,23). The molecular weight excluding hydrogens is 316 g/mol. The van der Waals surface area contributed by atoms with Crippen molar-refractivity contribution < 1.29 is 14.3 Å². The number of amides is 1. The van der Waals surface area contributed by atoms with Crippen molar-refractivity contribution in [3.63, 3.8) is 0 Å². The average Bonchev–Trinajstić information content (AvgIpc) is 2.61. The first kappa shape index (κ1) is 18.3. The fourth-order valence-corrected chi connectivity index (χ4v) is 2.13. The summed E-state index contributed by atoms with van der Waals surface area (Å²) in [5.74, 6) is 1.40. The van der Waals surface area contributed by atoms with Crippen LogP contribution in [-0.2, 0) is 11.2 Å². The first-order valence-corrected chi connectivity index (χ1v) is 8.03. The Morgan fingerprint density at radius 1 is 1.12 bits per heavy atom. The van der Waals surface area contributed by atoms with Crippen LogP contribution in [0.1, 0.15) is 18.1 Å². The molecule has 0 aliphatic carbocycles. The lowest BCUT2D eigenvalue weighted by Crippen LogP contribution is -2.12. The number of carbonyl (C=O) groups is 1. The summed E-state index contributed by atoms with van der Waals surface area (Å²) in [6.45, 7) is 6.07. The van der Waals surface area contributed by atoms with E-state index in [1.807, 2.05) is 54.6 Å². The van der Waals surface area contributed by atoms with Gasteiger partial charge in [0.2, 0.25) is 5.91 Å². The monoisotopic (exact) mass is 338 g/mol. The highest BCUT2D eigenvalue weighted by Gasteiger charge is 2.01. The molecule has 130 valence electrons. The number of allylic oxidation sites excluding steroid dienone is 1. The average molecular weight is 338 g/mol. The molecule has 0 radical (unpaired) electrons. The van der Waals surface area contributed by atoms with Crippen molar-refractivity contribution in [2.75, 3.05) is 13.2 Å². The van der Waals surface area contributed by atoms with E-state index in [4.69, 9.17) is 9.47 Å². The van der Waals surface area contributed by atoms with E-state index in [0.29, 0.717) is 13.2 Å². The number of hydrazone groups is 1. The summed E-state index contributed by atoms with van der Waals surface area (Å²) >= 11 is 0. The van der Waals surface area contributed by atoms with Gasteiger partial charge in [0.15, 0.2) is 0 Å². The molecule has 0 saturated carbocycles. The van der Waals surface area contributed by atoms with E-state index in [2.05, 4.69) is 17.1 Å². The minimum atomic E-state index is -0.203. The van der Waals surface area contributed by atoms with Gasteiger partial charge in [0.1, 0.15) is 24.7 Å². The Labute approximate surface area is 148 Å². The third-order valence-corrected chi connectivity index (χ3v) is 3.26. The molecule has 0 spiro atoms. The van der Waals surface area contributed by atoms with Gasteiger partial charge < -0.3 is 9.47 Å². The lowest BCUT2D eigenvalue weighted by molar-refractivity contribution is -0.118. The lowest BCUT2D eigenvalue weighted by Gasteiger charge is -2.11. The molecule has 0 aliphatic heterocycles. The smallest absolute Gasteiger partial charge is 0.236 e. The maximum absolute atomic E-state index is 10.7. The fourth-order valence-electron chi connectivity index (χ4n) is 2.13. The first-order valence-electron chi connectivity index (χ1n) is 8.03. The van der Waals surface area contributed by atoms with Gasteiger partial charge in [0, 0.05) is 6.92 Å². The second kappa shape index (κ2) is 9.93. The van der Waals surface area contributed by atoms with Crippen molar-refractivity contribution in [1.29, 1.82) is 0 Å². The van der Waals surface area contributed by atoms with E-state index in [1.54, 1.807) is 6.21 Å². The maximum atomic E-state index is 10.7. The second-order valence-corrected chi connectivity index (χ2v) is 5.29. The Hall–Kier alpha value is -3.08. The number of carbonyl (C=O) groups excluding carboxylic acids is 1. The Bertz CT molecular complexity index is 724. The number of rotatable bonds is 9. The number of nitrogens with one attached hydrogen (secondary N) is 1. The zero-order valence-electron chi connectivity index (χ0n) is 14.3. The normalized spacial score (nSPS) is 10.4. The molecule has 1 amide bonds. The van der Waals surface area contributed by atoms with E-state index >= 15 is 0 Å². The number of nitrogens with zero attached hydrogens (tertiary/aromatic N) is 1. The fraction of sp³-hybridized carbons (Fsp3) is 0.200. The predicted octanol–water partition coefficient (Wildman–Crippen LogP) is 3.34. The van der Waals surface area contributed by atoms with E-state index in [0.717, 1.165) is 29.0 Å². The highest BCUT2D eigenvalue weighted by molar-refractivity contribution is 5.81. The highest BCUT2D eigenvalue weighted by atomic mass is 16.5. The van der Waals surface area contributed by atoms with Gasteiger partial charge in [0.05, 0.1) is 6.21 Å². The van der Waals surface area contributed by atoms with Gasteiger partial charge in [0.25, 0.3) is 0 Å². The van der Waals surface area contributed by atoms with Crippen LogP contribution in [0.5, 0.6) is 11.5 Å². The van der Waals surface area contributed by atoms with E-state index in [1.165, 1.54) is 6.92 Å². The molecule has 5 nitrogen and oxygen atoms in total. The molecule has 2 aromatic carbocycles. The van der Waals surface area contributed by atoms with Crippen LogP contribution in [0.15, 0.2) is 66.3 Å². The molecule has 0 saturated heterocycles. The molecule has 2 rings (SSSR count). The van der Waals surface area contributed by atoms with E-state index in [-0.39, 0.29) is 5.91 Å². The topological polar surface area (TPSA) is 59.9 Å². The Kier molecular flexibility index (Phi) is 7.25. The molecule has 25 heavy (non-hydrogen) atoms. The molecule has 0 atom stereocenters. The number of para-hydroxylation sites is 1. The van der Waals surface area contributed by atoms with E-state index in [9.17, 15) is 4.79 Å². The van der Waals surface area contributed by atoms with Crippen LogP contribution in [-0.4, -0.2) is 25.3 Å². The summed E-state index contributed by atoms with van der Waals surface area (Å²) < 4.78 is 11.4. The lowest BCUT2D eigenvalue weighted by atomic mass is 10.1. The third-order valence-electron chi connectivity index (χ3n) is 3.26. The van der Waals surface area contributed by atoms with Crippen LogP contribution in [0.3, 0.4) is 0 Å². The van der Waals surface area contributed by atoms with Crippen LogP contribution < -0.4 is 14.9 Å². The molecule has 0 heterocycles. The first-order chi connectivity index (χ1) is 12.2. The summed E-state index contributed by atoms with van der Waals surface area (Å²) in [7, 11) is 0. The van der Waals surface area contributed by atoms with Gasteiger partial charge in [-0.2, -0.15) is 5.10 Å². The number of hydrogen-bond acceptors (Lipinski definition) is 4. The molecule has 0 fully saturated rings. The molecule has 0 aromatic heterocycles. The van der Waals surface area contributed by atoms with Crippen molar-refractivity contribution >= 4 is 12.1 Å². The maximum Gasteiger partial charge on any atom is 0.236 e. The third kappa shape index (κ3) is 6.51. The Morgan fingerprint density at radius 2 is 1.84 bits per heavy atom. The van der Waals surface area contributed by atoms with Crippen LogP contribution in [0, 0.1) is 0 Å². The molecule has 0 bridgehead atoms. The summed E-state index contributed by atoms with van der Waals surface area (Å²) in [5.41, 5.74) is 4.34. The van der Waals surface area contributed by atoms with Gasteiger partial charge in [-0.25, -0.2) is 5.43 Å². The molecular formula is C20H22N2O3. The summed E-state index contributed by atoms with van der Waals surface area (Å²) in [6, 6.07) is 15.3. The van der Waals surface area contributed by atoms with Crippen molar-refractivity contribution in [2.45, 2.75) is 13.3 Å². The summed E-state index contributed by atoms with van der Waals surface area (Å²) in [5, 5.41) is 3.81. The SMILES string of the molecule is C=CCc1ccccc1OCCOc1ccc(C=NNC(C)=O)cc1. The predicted molar refractivity (Wildman–Crippen MR) is 99.2 cm³/mol. The minimum absolute atomic E-state index is 0.203. The summed E-state index contributed by atoms with van der Waals surface area (Å²) in [6.07, 6.45) is 4.21. The van der Waals surface area contributed by atoms with Crippen LogP contribution in [0.4, 0.5) is 0 Å². The number of hydrogen-bond donors (Lipinski definition) is 1. The number of ether oxygens (including phenoxy) is 2. The Balaban J connectivity index is 1.77. The van der Waals surface area contributed by atoms with Crippen molar-refractivity contribution in [3.8, 4) is 11.5 Å². The largest absolute Gasteiger partial charge is 0.490 e. The van der Waals surface area contributed by atoms with Gasteiger partial charge >= 0.3 is 0 Å².